The quantitative estimate of drug-likeness (QED) is 0.606. The van der Waals surface area contributed by atoms with Gasteiger partial charge in [-0.1, -0.05) is 18.5 Å². The molecular weight excluding hydrogens is 404 g/mol. The van der Waals surface area contributed by atoms with Crippen molar-refractivity contribution >= 4 is 27.7 Å². The van der Waals surface area contributed by atoms with Crippen LogP contribution in [0.5, 0.6) is 0 Å². The van der Waals surface area contributed by atoms with Gasteiger partial charge in [-0.2, -0.15) is 31.3 Å². The van der Waals surface area contributed by atoms with E-state index in [0.717, 1.165) is 10.7 Å². The van der Waals surface area contributed by atoms with E-state index in [9.17, 15) is 26.1 Å². The minimum atomic E-state index is -4.79. The highest BCUT2D eigenvalue weighted by Crippen LogP contribution is 2.33. The Balaban J connectivity index is 0.00000338. The Morgan fingerprint density at radius 3 is 2.31 bits per heavy atom. The molecule has 0 saturated heterocycles. The Morgan fingerprint density at radius 1 is 1.31 bits per heavy atom. The third kappa shape index (κ3) is 4.24. The summed E-state index contributed by atoms with van der Waals surface area (Å²) >= 11 is 6.10. The van der Waals surface area contributed by atoms with Gasteiger partial charge < -0.3 is 4.90 Å². The standard InChI is InChI=1S/C13H14ClF3N4O3S.FH/c1-4-7-5-8(14)9(6-10(7)25(22,23)24)21-12(20(2)3)18-11(19-21)13(15,16)17;/h5-6H,4H2,1-3H3,(H,22,23,24);1H. The average Bonchev–Trinajstić information content (AvgIpc) is 2.90. The summed E-state index contributed by atoms with van der Waals surface area (Å²) in [5.41, 5.74) is 0.0667. The highest BCUT2D eigenvalue weighted by atomic mass is 35.5. The van der Waals surface area contributed by atoms with Gasteiger partial charge in [0.25, 0.3) is 15.9 Å². The summed E-state index contributed by atoms with van der Waals surface area (Å²) in [6, 6.07) is 2.23. The Morgan fingerprint density at radius 2 is 1.88 bits per heavy atom. The van der Waals surface area contributed by atoms with E-state index in [0.29, 0.717) is 0 Å². The second-order valence-corrected chi connectivity index (χ2v) is 7.08. The first-order valence-corrected chi connectivity index (χ1v) is 8.70. The molecule has 2 rings (SSSR count). The maximum absolute atomic E-state index is 12.9. The number of alkyl halides is 3. The summed E-state index contributed by atoms with van der Waals surface area (Å²) < 4.78 is 72.0. The van der Waals surface area contributed by atoms with E-state index in [1.807, 2.05) is 0 Å². The molecule has 0 atom stereocenters. The fraction of sp³-hybridized carbons (Fsp3) is 0.385. The number of anilines is 1. The molecule has 0 saturated carbocycles. The first-order valence-electron chi connectivity index (χ1n) is 6.88. The van der Waals surface area contributed by atoms with Crippen LogP contribution in [-0.2, 0) is 22.7 Å². The zero-order valence-electron chi connectivity index (χ0n) is 13.7. The molecule has 0 aliphatic heterocycles. The van der Waals surface area contributed by atoms with Crippen LogP contribution in [0.3, 0.4) is 0 Å². The van der Waals surface area contributed by atoms with Crippen LogP contribution < -0.4 is 4.90 Å². The van der Waals surface area contributed by atoms with E-state index in [2.05, 4.69) is 10.1 Å². The molecule has 0 aliphatic rings. The van der Waals surface area contributed by atoms with Crippen LogP contribution in [0.25, 0.3) is 5.69 Å². The third-order valence-electron chi connectivity index (χ3n) is 3.26. The lowest BCUT2D eigenvalue weighted by molar-refractivity contribution is -0.144. The van der Waals surface area contributed by atoms with Crippen molar-refractivity contribution in [3.8, 4) is 5.69 Å². The van der Waals surface area contributed by atoms with Crippen molar-refractivity contribution in [1.29, 1.82) is 0 Å². The van der Waals surface area contributed by atoms with Gasteiger partial charge in [0.05, 0.1) is 15.6 Å². The molecular formula is C13H15ClF4N4O3S. The fourth-order valence-corrected chi connectivity index (χ4v) is 3.20. The minimum absolute atomic E-state index is 0. The van der Waals surface area contributed by atoms with E-state index in [-0.39, 0.29) is 33.3 Å². The van der Waals surface area contributed by atoms with Crippen LogP contribution >= 0.6 is 11.6 Å². The average molecular weight is 419 g/mol. The van der Waals surface area contributed by atoms with Gasteiger partial charge in [-0.25, -0.2) is 0 Å². The molecule has 0 amide bonds. The number of halogens is 5. The van der Waals surface area contributed by atoms with Gasteiger partial charge in [-0.05, 0) is 24.1 Å². The van der Waals surface area contributed by atoms with Crippen molar-refractivity contribution in [2.24, 2.45) is 0 Å². The highest BCUT2D eigenvalue weighted by molar-refractivity contribution is 7.85. The maximum atomic E-state index is 12.9. The maximum Gasteiger partial charge on any atom is 0.453 e. The Labute approximate surface area is 151 Å². The summed E-state index contributed by atoms with van der Waals surface area (Å²) in [6.45, 7) is 1.64. The van der Waals surface area contributed by atoms with Gasteiger partial charge in [0.2, 0.25) is 5.95 Å². The fourth-order valence-electron chi connectivity index (χ4n) is 2.14. The second-order valence-electron chi connectivity index (χ2n) is 5.28. The van der Waals surface area contributed by atoms with Crippen LogP contribution in [0.4, 0.5) is 23.8 Å². The lowest BCUT2D eigenvalue weighted by Gasteiger charge is -2.15. The monoisotopic (exact) mass is 418 g/mol. The number of hydrogen-bond donors (Lipinski definition) is 1. The number of nitrogens with zero attached hydrogens (tertiary/aromatic N) is 4. The molecule has 1 N–H and O–H groups in total. The summed E-state index contributed by atoms with van der Waals surface area (Å²) in [5.74, 6) is -1.61. The Kier molecular flexibility index (Phi) is 6.27. The molecule has 1 heterocycles. The van der Waals surface area contributed by atoms with E-state index < -0.39 is 27.0 Å². The normalized spacial score (nSPS) is 12.0. The van der Waals surface area contributed by atoms with Gasteiger partial charge >= 0.3 is 6.18 Å². The molecule has 0 unspecified atom stereocenters. The molecule has 1 aromatic heterocycles. The van der Waals surface area contributed by atoms with E-state index in [4.69, 9.17) is 11.6 Å². The van der Waals surface area contributed by atoms with Crippen LogP contribution in [0.2, 0.25) is 5.02 Å². The number of hydrogen-bond acceptors (Lipinski definition) is 5. The van der Waals surface area contributed by atoms with Gasteiger partial charge in [0.1, 0.15) is 0 Å². The third-order valence-corrected chi connectivity index (χ3v) is 4.50. The molecule has 0 aliphatic carbocycles. The van der Waals surface area contributed by atoms with Gasteiger partial charge in [-0.15, -0.1) is 5.10 Å². The zero-order valence-corrected chi connectivity index (χ0v) is 15.3. The van der Waals surface area contributed by atoms with Crippen molar-refractivity contribution in [3.63, 3.8) is 0 Å². The largest absolute Gasteiger partial charge is 0.453 e. The van der Waals surface area contributed by atoms with Crippen LogP contribution in [0.15, 0.2) is 17.0 Å². The van der Waals surface area contributed by atoms with E-state index in [1.54, 1.807) is 6.92 Å². The first-order chi connectivity index (χ1) is 11.4. The smallest absolute Gasteiger partial charge is 0.347 e. The summed E-state index contributed by atoms with van der Waals surface area (Å²) in [5, 5.41) is 3.35. The molecule has 0 fully saturated rings. The molecule has 146 valence electrons. The van der Waals surface area contributed by atoms with Crippen molar-refractivity contribution in [3.05, 3.63) is 28.5 Å². The SMILES string of the molecule is CCc1cc(Cl)c(-n2nc(C(F)(F)F)nc2N(C)C)cc1S(=O)(=O)O.F. The number of aryl methyl sites for hydroxylation is 1. The zero-order chi connectivity index (χ0) is 19.2. The molecule has 26 heavy (non-hydrogen) atoms. The lowest BCUT2D eigenvalue weighted by Crippen LogP contribution is -2.16. The Bertz CT molecular complexity index is 913. The van der Waals surface area contributed by atoms with Gasteiger partial charge in [-0.3, -0.25) is 9.26 Å². The number of aromatic nitrogens is 3. The van der Waals surface area contributed by atoms with Crippen molar-refractivity contribution in [2.45, 2.75) is 24.4 Å². The molecule has 0 radical (unpaired) electrons. The molecule has 0 spiro atoms. The number of rotatable bonds is 4. The van der Waals surface area contributed by atoms with Gasteiger partial charge in [0.15, 0.2) is 0 Å². The topological polar surface area (TPSA) is 88.3 Å². The molecule has 13 heteroatoms. The highest BCUT2D eigenvalue weighted by Gasteiger charge is 2.38. The summed E-state index contributed by atoms with van der Waals surface area (Å²) in [6.07, 6.45) is -4.56. The van der Waals surface area contributed by atoms with E-state index >= 15 is 0 Å². The van der Waals surface area contributed by atoms with Crippen molar-refractivity contribution < 1.29 is 30.8 Å². The summed E-state index contributed by atoms with van der Waals surface area (Å²) in [7, 11) is -1.72. The van der Waals surface area contributed by atoms with E-state index in [1.165, 1.54) is 25.1 Å². The van der Waals surface area contributed by atoms with Crippen LogP contribution in [0, 0.1) is 0 Å². The molecule has 0 bridgehead atoms. The number of benzene rings is 1. The minimum Gasteiger partial charge on any atom is -0.347 e. The summed E-state index contributed by atoms with van der Waals surface area (Å²) in [4.78, 5) is 4.22. The Hall–Kier alpha value is -1.92. The van der Waals surface area contributed by atoms with Crippen molar-refractivity contribution in [1.82, 2.24) is 14.8 Å². The molecule has 7 nitrogen and oxygen atoms in total. The molecule has 2 aromatic rings. The first kappa shape index (κ1) is 22.1. The van der Waals surface area contributed by atoms with Gasteiger partial charge in [0, 0.05) is 14.1 Å². The van der Waals surface area contributed by atoms with Crippen LogP contribution in [0.1, 0.15) is 18.3 Å². The van der Waals surface area contributed by atoms with Crippen LogP contribution in [-0.4, -0.2) is 41.8 Å². The lowest BCUT2D eigenvalue weighted by atomic mass is 10.1. The second kappa shape index (κ2) is 7.37. The van der Waals surface area contributed by atoms with Crippen molar-refractivity contribution in [2.75, 3.05) is 19.0 Å². The predicted molar refractivity (Wildman–Crippen MR) is 87.4 cm³/mol. The molecule has 1 aromatic carbocycles. The predicted octanol–water partition coefficient (Wildman–Crippen LogP) is 2.97.